The van der Waals surface area contributed by atoms with Gasteiger partial charge < -0.3 is 0 Å². The summed E-state index contributed by atoms with van der Waals surface area (Å²) in [5.41, 5.74) is 1.27. The Morgan fingerprint density at radius 1 is 1.40 bits per heavy atom. The Morgan fingerprint density at radius 3 is 2.96 bits per heavy atom. The van der Waals surface area contributed by atoms with Gasteiger partial charge in [0.25, 0.3) is 5.56 Å². The summed E-state index contributed by atoms with van der Waals surface area (Å²) < 4.78 is 15.9. The maximum Gasteiger partial charge on any atom is 0.267 e. The molecule has 2 aromatic heterocycles. The zero-order valence-electron chi connectivity index (χ0n) is 14.2. The quantitative estimate of drug-likeness (QED) is 0.487. The lowest BCUT2D eigenvalue weighted by Crippen LogP contribution is -2.23. The fourth-order valence-corrected chi connectivity index (χ4v) is 5.60. The molecule has 1 aromatic carbocycles. The van der Waals surface area contributed by atoms with E-state index in [0.29, 0.717) is 16.5 Å². The van der Waals surface area contributed by atoms with E-state index in [9.17, 15) is 9.18 Å². The number of thiophene rings is 1. The molecule has 25 heavy (non-hydrogen) atoms. The van der Waals surface area contributed by atoms with E-state index in [1.54, 1.807) is 29.5 Å². The van der Waals surface area contributed by atoms with E-state index < -0.39 is 5.82 Å². The van der Waals surface area contributed by atoms with Crippen LogP contribution in [0.25, 0.3) is 15.9 Å². The standard InChI is InChI=1S/C19H19FN2OS2/c1-3-24-19-21-17-16(12-9-8-11(2)10-15(12)25-17)18(23)22(19)14-7-5-4-6-13(14)20/h4-7,11H,3,8-10H2,1-2H3. The minimum atomic E-state index is -0.401. The first kappa shape index (κ1) is 16.8. The summed E-state index contributed by atoms with van der Waals surface area (Å²) in [6.45, 7) is 4.25. The van der Waals surface area contributed by atoms with Gasteiger partial charge in [0.1, 0.15) is 10.6 Å². The molecule has 1 aliphatic rings. The van der Waals surface area contributed by atoms with E-state index in [-0.39, 0.29) is 11.2 Å². The lowest BCUT2D eigenvalue weighted by molar-refractivity contribution is 0.509. The summed E-state index contributed by atoms with van der Waals surface area (Å²) in [7, 11) is 0. The van der Waals surface area contributed by atoms with Crippen LogP contribution in [0.3, 0.4) is 0 Å². The van der Waals surface area contributed by atoms with Crippen LogP contribution in [0, 0.1) is 11.7 Å². The van der Waals surface area contributed by atoms with Crippen LogP contribution < -0.4 is 5.56 Å². The summed E-state index contributed by atoms with van der Waals surface area (Å²) in [4.78, 5) is 20.2. The zero-order valence-corrected chi connectivity index (χ0v) is 15.8. The Balaban J connectivity index is 2.04. The summed E-state index contributed by atoms with van der Waals surface area (Å²) in [5.74, 6) is 1.01. The molecule has 3 nitrogen and oxygen atoms in total. The van der Waals surface area contributed by atoms with Crippen molar-refractivity contribution in [2.24, 2.45) is 5.92 Å². The van der Waals surface area contributed by atoms with Gasteiger partial charge in [-0.15, -0.1) is 11.3 Å². The van der Waals surface area contributed by atoms with Crippen LogP contribution in [0.4, 0.5) is 4.39 Å². The van der Waals surface area contributed by atoms with Gasteiger partial charge in [-0.1, -0.05) is 37.7 Å². The Morgan fingerprint density at radius 2 is 2.20 bits per heavy atom. The maximum absolute atomic E-state index is 14.4. The Bertz CT molecular complexity index is 1010. The summed E-state index contributed by atoms with van der Waals surface area (Å²) in [6, 6.07) is 6.42. The van der Waals surface area contributed by atoms with Gasteiger partial charge in [-0.05, 0) is 48.6 Å². The third kappa shape index (κ3) is 2.81. The second-order valence-corrected chi connectivity index (χ2v) is 8.77. The molecule has 6 heteroatoms. The van der Waals surface area contributed by atoms with Crippen molar-refractivity contribution in [3.8, 4) is 5.69 Å². The van der Waals surface area contributed by atoms with E-state index in [4.69, 9.17) is 4.98 Å². The van der Waals surface area contributed by atoms with E-state index in [1.165, 1.54) is 27.3 Å². The predicted octanol–water partition coefficient (Wildman–Crippen LogP) is 4.82. The number of benzene rings is 1. The molecule has 0 radical (unpaired) electrons. The molecule has 0 amide bonds. The molecular weight excluding hydrogens is 355 g/mol. The number of thioether (sulfide) groups is 1. The van der Waals surface area contributed by atoms with Gasteiger partial charge in [0.15, 0.2) is 5.16 Å². The monoisotopic (exact) mass is 374 g/mol. The highest BCUT2D eigenvalue weighted by Gasteiger charge is 2.25. The van der Waals surface area contributed by atoms with Crippen molar-refractivity contribution in [3.05, 3.63) is 50.9 Å². The van der Waals surface area contributed by atoms with Crippen molar-refractivity contribution in [1.82, 2.24) is 9.55 Å². The van der Waals surface area contributed by atoms with Gasteiger partial charge in [-0.2, -0.15) is 0 Å². The molecule has 4 rings (SSSR count). The van der Waals surface area contributed by atoms with Crippen molar-refractivity contribution in [1.29, 1.82) is 0 Å². The molecule has 3 aromatic rings. The van der Waals surface area contributed by atoms with Crippen LogP contribution >= 0.6 is 23.1 Å². The average Bonchev–Trinajstić information content (AvgIpc) is 2.94. The number of nitrogens with zero attached hydrogens (tertiary/aromatic N) is 2. The van der Waals surface area contributed by atoms with Crippen LogP contribution in [-0.2, 0) is 12.8 Å². The number of para-hydroxylation sites is 1. The third-order valence-electron chi connectivity index (χ3n) is 4.67. The van der Waals surface area contributed by atoms with E-state index in [0.717, 1.165) is 35.4 Å². The van der Waals surface area contributed by atoms with Crippen molar-refractivity contribution >= 4 is 33.3 Å². The maximum atomic E-state index is 14.4. The minimum absolute atomic E-state index is 0.141. The molecule has 0 spiro atoms. The fourth-order valence-electron chi connectivity index (χ4n) is 3.44. The topological polar surface area (TPSA) is 34.9 Å². The fraction of sp³-hybridized carbons (Fsp3) is 0.368. The van der Waals surface area contributed by atoms with E-state index >= 15 is 0 Å². The van der Waals surface area contributed by atoms with Gasteiger partial charge in [0.05, 0.1) is 11.1 Å². The number of halogens is 1. The Hall–Kier alpha value is -1.66. The van der Waals surface area contributed by atoms with Crippen LogP contribution in [0.5, 0.6) is 0 Å². The highest BCUT2D eigenvalue weighted by atomic mass is 32.2. The number of rotatable bonds is 3. The normalized spacial score (nSPS) is 17.0. The minimum Gasteiger partial charge on any atom is -0.268 e. The van der Waals surface area contributed by atoms with E-state index in [2.05, 4.69) is 6.92 Å². The number of hydrogen-bond acceptors (Lipinski definition) is 4. The molecular formula is C19H19FN2OS2. The number of aromatic nitrogens is 2. The van der Waals surface area contributed by atoms with Gasteiger partial charge in [0, 0.05) is 4.88 Å². The molecule has 1 atom stereocenters. The highest BCUT2D eigenvalue weighted by molar-refractivity contribution is 7.99. The molecule has 2 heterocycles. The predicted molar refractivity (Wildman–Crippen MR) is 103 cm³/mol. The van der Waals surface area contributed by atoms with Gasteiger partial charge in [-0.25, -0.2) is 9.37 Å². The molecule has 0 bridgehead atoms. The first-order valence-electron chi connectivity index (χ1n) is 8.55. The molecule has 1 aliphatic carbocycles. The molecule has 0 fully saturated rings. The first-order valence-corrected chi connectivity index (χ1v) is 10.3. The SMILES string of the molecule is CCSc1nc2sc3c(c2c(=O)n1-c1ccccc1F)CCC(C)C3. The van der Waals surface area contributed by atoms with Crippen molar-refractivity contribution in [3.63, 3.8) is 0 Å². The second-order valence-electron chi connectivity index (χ2n) is 6.45. The molecule has 0 N–H and O–H groups in total. The van der Waals surface area contributed by atoms with Crippen molar-refractivity contribution in [2.75, 3.05) is 5.75 Å². The van der Waals surface area contributed by atoms with Gasteiger partial charge >= 0.3 is 0 Å². The number of fused-ring (bicyclic) bond motifs is 3. The van der Waals surface area contributed by atoms with Crippen LogP contribution in [0.2, 0.25) is 0 Å². The van der Waals surface area contributed by atoms with E-state index in [1.807, 2.05) is 6.92 Å². The second kappa shape index (κ2) is 6.57. The summed E-state index contributed by atoms with van der Waals surface area (Å²) in [6.07, 6.45) is 3.00. The third-order valence-corrected chi connectivity index (χ3v) is 6.63. The molecule has 0 saturated heterocycles. The van der Waals surface area contributed by atoms with Crippen molar-refractivity contribution in [2.45, 2.75) is 38.3 Å². The Kier molecular flexibility index (Phi) is 4.41. The number of aryl methyl sites for hydroxylation is 1. The highest BCUT2D eigenvalue weighted by Crippen LogP contribution is 2.37. The van der Waals surface area contributed by atoms with Gasteiger partial charge in [0.2, 0.25) is 0 Å². The van der Waals surface area contributed by atoms with Crippen LogP contribution in [0.1, 0.15) is 30.7 Å². The van der Waals surface area contributed by atoms with Crippen molar-refractivity contribution < 1.29 is 4.39 Å². The average molecular weight is 375 g/mol. The molecule has 130 valence electrons. The summed E-state index contributed by atoms with van der Waals surface area (Å²) >= 11 is 3.11. The number of hydrogen-bond donors (Lipinski definition) is 0. The van der Waals surface area contributed by atoms with Gasteiger partial charge in [-0.3, -0.25) is 9.36 Å². The smallest absolute Gasteiger partial charge is 0.267 e. The lowest BCUT2D eigenvalue weighted by atomic mass is 9.89. The van der Waals surface area contributed by atoms with Crippen LogP contribution in [-0.4, -0.2) is 15.3 Å². The summed E-state index contributed by atoms with van der Waals surface area (Å²) in [5, 5.41) is 1.26. The first-order chi connectivity index (χ1) is 12.1. The lowest BCUT2D eigenvalue weighted by Gasteiger charge is -2.17. The Labute approximate surface area is 153 Å². The molecule has 1 unspecified atom stereocenters. The molecule has 0 saturated carbocycles. The van der Waals surface area contributed by atoms with Crippen LogP contribution in [0.15, 0.2) is 34.2 Å². The largest absolute Gasteiger partial charge is 0.268 e. The molecule has 0 aliphatic heterocycles. The zero-order chi connectivity index (χ0) is 17.6.